The molecule has 0 fully saturated rings. The summed E-state index contributed by atoms with van der Waals surface area (Å²) in [5.41, 5.74) is 2.15. The van der Waals surface area contributed by atoms with Crippen molar-refractivity contribution in [1.29, 1.82) is 0 Å². The third-order valence-corrected chi connectivity index (χ3v) is 3.98. The van der Waals surface area contributed by atoms with Gasteiger partial charge in [0.2, 0.25) is 5.82 Å². The normalized spacial score (nSPS) is 12.1. The van der Waals surface area contributed by atoms with Crippen LogP contribution in [0.4, 0.5) is 4.39 Å². The van der Waals surface area contributed by atoms with E-state index in [1.54, 1.807) is 7.05 Å². The molecule has 2 aromatic carbocycles. The van der Waals surface area contributed by atoms with Crippen molar-refractivity contribution in [3.05, 3.63) is 76.3 Å². The van der Waals surface area contributed by atoms with Crippen LogP contribution in [0.25, 0.3) is 0 Å². The van der Waals surface area contributed by atoms with Crippen LogP contribution in [0.1, 0.15) is 17.0 Å². The molecule has 0 unspecified atom stereocenters. The Labute approximate surface area is 165 Å². The molecule has 0 aliphatic heterocycles. The number of nitrogens with zero attached hydrogens (tertiary/aromatic N) is 6. The summed E-state index contributed by atoms with van der Waals surface area (Å²) in [6.45, 7) is -0.0442. The van der Waals surface area contributed by atoms with Crippen molar-refractivity contribution in [3.8, 4) is 0 Å². The largest absolute Gasteiger partial charge is 0.399 e. The zero-order valence-corrected chi connectivity index (χ0v) is 15.8. The average Bonchev–Trinajstić information content (AvgIpc) is 3.13. The monoisotopic (exact) mass is 402 g/mol. The van der Waals surface area contributed by atoms with Crippen molar-refractivity contribution >= 4 is 23.0 Å². The molecule has 1 heterocycles. The maximum atomic E-state index is 13.4. The molecule has 0 saturated heterocycles. The number of halogens is 2. The second-order valence-electron chi connectivity index (χ2n) is 5.55. The van der Waals surface area contributed by atoms with Crippen LogP contribution in [-0.2, 0) is 16.7 Å². The van der Waals surface area contributed by atoms with E-state index in [1.807, 2.05) is 30.3 Å². The van der Waals surface area contributed by atoms with Crippen molar-refractivity contribution in [2.24, 2.45) is 17.4 Å². The Morgan fingerprint density at radius 3 is 2.57 bits per heavy atom. The first-order chi connectivity index (χ1) is 13.6. The fourth-order valence-corrected chi connectivity index (χ4v) is 2.54. The molecule has 10 heteroatoms. The molecule has 3 aromatic rings. The van der Waals surface area contributed by atoms with Gasteiger partial charge in [0.25, 0.3) is 0 Å². The molecule has 0 bridgehead atoms. The molecule has 0 atom stereocenters. The molecular weight excluding hydrogens is 387 g/mol. The molecule has 0 saturated carbocycles. The lowest BCUT2D eigenvalue weighted by atomic mass is 10.1. The van der Waals surface area contributed by atoms with E-state index in [0.29, 0.717) is 22.8 Å². The Morgan fingerprint density at radius 2 is 1.93 bits per heavy atom. The molecule has 0 radical (unpaired) electrons. The van der Waals surface area contributed by atoms with Gasteiger partial charge in [-0.05, 0) is 28.6 Å². The summed E-state index contributed by atoms with van der Waals surface area (Å²) < 4.78 is 14.9. The van der Waals surface area contributed by atoms with Gasteiger partial charge in [-0.25, -0.2) is 9.07 Å². The minimum atomic E-state index is -0.526. The first-order valence-corrected chi connectivity index (χ1v) is 8.51. The van der Waals surface area contributed by atoms with Crippen molar-refractivity contribution in [3.63, 3.8) is 0 Å². The van der Waals surface area contributed by atoms with Crippen LogP contribution in [0.3, 0.4) is 0 Å². The fraction of sp³-hybridized carbons (Fsp3) is 0.167. The number of aromatic nitrogens is 4. The Kier molecular flexibility index (Phi) is 6.28. The van der Waals surface area contributed by atoms with Crippen molar-refractivity contribution in [2.45, 2.75) is 0 Å². The molecule has 0 aliphatic rings. The summed E-state index contributed by atoms with van der Waals surface area (Å²) in [7, 11) is 3.10. The van der Waals surface area contributed by atoms with Gasteiger partial charge < -0.3 is 9.68 Å². The van der Waals surface area contributed by atoms with E-state index < -0.39 is 5.82 Å². The predicted octanol–water partition coefficient (Wildman–Crippen LogP) is 2.82. The number of hydrogen-bond acceptors (Lipinski definition) is 7. The molecular formula is C18H16ClFN6O2. The molecule has 0 amide bonds. The third kappa shape index (κ3) is 4.49. The summed E-state index contributed by atoms with van der Waals surface area (Å²) >= 11 is 5.84. The zero-order chi connectivity index (χ0) is 19.9. The Morgan fingerprint density at radius 1 is 1.14 bits per heavy atom. The molecule has 0 aliphatic carbocycles. The van der Waals surface area contributed by atoms with E-state index >= 15 is 0 Å². The van der Waals surface area contributed by atoms with Crippen molar-refractivity contribution in [2.75, 3.05) is 13.7 Å². The summed E-state index contributed by atoms with van der Waals surface area (Å²) in [6.07, 6.45) is 0. The number of rotatable bonds is 7. The quantitative estimate of drug-likeness (QED) is 0.448. The van der Waals surface area contributed by atoms with Gasteiger partial charge in [-0.15, -0.1) is 5.10 Å². The van der Waals surface area contributed by atoms with Crippen molar-refractivity contribution < 1.29 is 14.1 Å². The van der Waals surface area contributed by atoms with E-state index in [1.165, 1.54) is 30.0 Å². The van der Waals surface area contributed by atoms with Crippen LogP contribution < -0.4 is 0 Å². The Balaban J connectivity index is 1.86. The Hall–Kier alpha value is -3.33. The number of oxime groups is 2. The predicted molar refractivity (Wildman–Crippen MR) is 102 cm³/mol. The minimum absolute atomic E-state index is 0.0278. The lowest BCUT2D eigenvalue weighted by Crippen LogP contribution is -2.14. The van der Waals surface area contributed by atoms with Crippen LogP contribution in [0.5, 0.6) is 0 Å². The first-order valence-electron chi connectivity index (χ1n) is 8.13. The van der Waals surface area contributed by atoms with Gasteiger partial charge in [-0.1, -0.05) is 52.2 Å². The maximum absolute atomic E-state index is 13.4. The van der Waals surface area contributed by atoms with Gasteiger partial charge in [0.1, 0.15) is 18.6 Å². The minimum Gasteiger partial charge on any atom is -0.399 e. The van der Waals surface area contributed by atoms with Crippen molar-refractivity contribution in [1.82, 2.24) is 20.2 Å². The molecule has 8 nitrogen and oxygen atoms in total. The summed E-state index contributed by atoms with van der Waals surface area (Å²) in [4.78, 5) is 10.3. The zero-order valence-electron chi connectivity index (χ0n) is 15.1. The SMILES string of the molecule is CO/N=C(/CON=C(c1ccccc1)c1nnnn1C)c1ccc(F)c(Cl)c1. The smallest absolute Gasteiger partial charge is 0.204 e. The van der Waals surface area contributed by atoms with Crippen LogP contribution in [0.2, 0.25) is 5.02 Å². The molecule has 28 heavy (non-hydrogen) atoms. The molecule has 144 valence electrons. The number of hydrogen-bond donors (Lipinski definition) is 0. The molecule has 1 aromatic heterocycles. The van der Waals surface area contributed by atoms with Crippen LogP contribution in [-0.4, -0.2) is 45.3 Å². The van der Waals surface area contributed by atoms with E-state index in [9.17, 15) is 4.39 Å². The van der Waals surface area contributed by atoms with Crippen LogP contribution in [0, 0.1) is 5.82 Å². The summed E-state index contributed by atoms with van der Waals surface area (Å²) in [5, 5.41) is 19.5. The van der Waals surface area contributed by atoms with Crippen LogP contribution >= 0.6 is 11.6 Å². The summed E-state index contributed by atoms with van der Waals surface area (Å²) in [5.74, 6) is -0.0940. The van der Waals surface area contributed by atoms with E-state index in [-0.39, 0.29) is 11.6 Å². The van der Waals surface area contributed by atoms with E-state index in [2.05, 4.69) is 25.8 Å². The topological polar surface area (TPSA) is 86.8 Å². The second-order valence-corrected chi connectivity index (χ2v) is 5.96. The number of benzene rings is 2. The second kappa shape index (κ2) is 9.05. The van der Waals surface area contributed by atoms with Gasteiger partial charge in [-0.2, -0.15) is 0 Å². The highest BCUT2D eigenvalue weighted by molar-refractivity contribution is 6.31. The number of aryl methyl sites for hydroxylation is 1. The van der Waals surface area contributed by atoms with Crippen LogP contribution in [0.15, 0.2) is 58.8 Å². The fourth-order valence-electron chi connectivity index (χ4n) is 2.35. The molecule has 0 N–H and O–H groups in total. The lowest BCUT2D eigenvalue weighted by molar-refractivity contribution is 0.173. The highest BCUT2D eigenvalue weighted by Crippen LogP contribution is 2.17. The lowest BCUT2D eigenvalue weighted by Gasteiger charge is -2.08. The summed E-state index contributed by atoms with van der Waals surface area (Å²) in [6, 6.07) is 13.6. The van der Waals surface area contributed by atoms with Gasteiger partial charge in [-0.3, -0.25) is 0 Å². The standard InChI is InChI=1S/C18H16ClFN6O2/c1-26-18(21-24-25-26)17(12-6-4-3-5-7-12)23-28-11-16(22-27-2)13-8-9-15(20)14(19)10-13/h3-10H,11H2,1-2H3/b22-16-,23-17?. The van der Waals surface area contributed by atoms with Gasteiger partial charge in [0.05, 0.1) is 5.02 Å². The highest BCUT2D eigenvalue weighted by Gasteiger charge is 2.15. The first kappa shape index (κ1) is 19.4. The van der Waals surface area contributed by atoms with Gasteiger partial charge in [0.15, 0.2) is 12.3 Å². The van der Waals surface area contributed by atoms with E-state index in [4.69, 9.17) is 21.3 Å². The maximum Gasteiger partial charge on any atom is 0.204 e. The van der Waals surface area contributed by atoms with E-state index in [0.717, 1.165) is 5.56 Å². The highest BCUT2D eigenvalue weighted by atomic mass is 35.5. The van der Waals surface area contributed by atoms with Gasteiger partial charge >= 0.3 is 0 Å². The molecule has 3 rings (SSSR count). The third-order valence-electron chi connectivity index (χ3n) is 3.69. The number of tetrazole rings is 1. The molecule has 0 spiro atoms. The Bertz CT molecular complexity index is 1010. The van der Waals surface area contributed by atoms with Gasteiger partial charge in [0, 0.05) is 18.2 Å². The average molecular weight is 403 g/mol.